The molecule has 2 heterocycles. The highest BCUT2D eigenvalue weighted by atomic mass is 16.3. The lowest BCUT2D eigenvalue weighted by Gasteiger charge is -2.20. The first-order valence-electron chi connectivity index (χ1n) is 7.99. The van der Waals surface area contributed by atoms with E-state index in [-0.39, 0.29) is 23.3 Å². The number of nitrogens with zero attached hydrogens (tertiary/aromatic N) is 2. The van der Waals surface area contributed by atoms with Crippen LogP contribution in [-0.2, 0) is 10.2 Å². The number of carbonyl (C=O) groups is 2. The summed E-state index contributed by atoms with van der Waals surface area (Å²) in [6.45, 7) is 8.52. The predicted molar refractivity (Wildman–Crippen MR) is 86.0 cm³/mol. The van der Waals surface area contributed by atoms with Gasteiger partial charge in [-0.05, 0) is 18.9 Å². The molecule has 1 saturated heterocycles. The summed E-state index contributed by atoms with van der Waals surface area (Å²) < 4.78 is 0. The molecule has 0 radical (unpaired) electrons. The van der Waals surface area contributed by atoms with Crippen molar-refractivity contribution < 1.29 is 14.7 Å². The molecular weight excluding hydrogens is 296 g/mol. The van der Waals surface area contributed by atoms with Crippen molar-refractivity contribution in [3.63, 3.8) is 0 Å². The Hall–Kier alpha value is -1.89. The first-order valence-corrected chi connectivity index (χ1v) is 7.99. The van der Waals surface area contributed by atoms with Crippen molar-refractivity contribution in [1.29, 1.82) is 0 Å². The van der Waals surface area contributed by atoms with Crippen molar-refractivity contribution >= 4 is 11.8 Å². The number of amides is 2. The standard InChI is InChI=1S/C16H26N4O3/c1-10(21)17-11-5-7-20(8-6-13(11)22)15(23)12-9-14(19-18-12)16(2,3)4/h9,11,13,22H,5-8H2,1-4H3,(H,17,21)(H,18,19)/t11-,13-/m0/s1. The van der Waals surface area contributed by atoms with Crippen LogP contribution in [0.1, 0.15) is 56.7 Å². The zero-order chi connectivity index (χ0) is 17.2. The van der Waals surface area contributed by atoms with Gasteiger partial charge in [0.2, 0.25) is 5.91 Å². The van der Waals surface area contributed by atoms with Gasteiger partial charge in [0.15, 0.2) is 0 Å². The molecule has 128 valence electrons. The number of aromatic nitrogens is 2. The summed E-state index contributed by atoms with van der Waals surface area (Å²) in [6, 6.07) is 1.48. The number of aliphatic hydroxyl groups excluding tert-OH is 1. The van der Waals surface area contributed by atoms with Gasteiger partial charge in [-0.2, -0.15) is 5.10 Å². The van der Waals surface area contributed by atoms with Crippen molar-refractivity contribution in [2.24, 2.45) is 0 Å². The SMILES string of the molecule is CC(=O)N[C@H]1CCN(C(=O)c2cc(C(C)(C)C)[nH]n2)CC[C@@H]1O. The molecule has 1 fully saturated rings. The lowest BCUT2D eigenvalue weighted by molar-refractivity contribution is -0.120. The van der Waals surface area contributed by atoms with Crippen LogP contribution in [0.25, 0.3) is 0 Å². The van der Waals surface area contributed by atoms with Gasteiger partial charge in [0, 0.05) is 31.1 Å². The van der Waals surface area contributed by atoms with Crippen LogP contribution in [0, 0.1) is 0 Å². The third kappa shape index (κ3) is 4.31. The Labute approximate surface area is 136 Å². The second-order valence-electron chi connectivity index (χ2n) is 7.16. The minimum Gasteiger partial charge on any atom is -0.391 e. The number of carbonyl (C=O) groups excluding carboxylic acids is 2. The Morgan fingerprint density at radius 3 is 2.57 bits per heavy atom. The lowest BCUT2D eigenvalue weighted by Crippen LogP contribution is -2.42. The van der Waals surface area contributed by atoms with E-state index in [2.05, 4.69) is 36.3 Å². The molecule has 23 heavy (non-hydrogen) atoms. The van der Waals surface area contributed by atoms with Crippen molar-refractivity contribution in [1.82, 2.24) is 20.4 Å². The molecule has 0 spiro atoms. The maximum absolute atomic E-state index is 12.6. The molecule has 0 aromatic carbocycles. The second kappa shape index (κ2) is 6.70. The average molecular weight is 322 g/mol. The molecule has 1 aromatic heterocycles. The summed E-state index contributed by atoms with van der Waals surface area (Å²) in [4.78, 5) is 25.5. The number of hydrogen-bond donors (Lipinski definition) is 3. The molecule has 7 heteroatoms. The van der Waals surface area contributed by atoms with Crippen LogP contribution in [0.2, 0.25) is 0 Å². The van der Waals surface area contributed by atoms with Gasteiger partial charge >= 0.3 is 0 Å². The van der Waals surface area contributed by atoms with Gasteiger partial charge in [0.05, 0.1) is 12.1 Å². The average Bonchev–Trinajstić information content (AvgIpc) is 2.88. The molecule has 0 bridgehead atoms. The molecule has 0 unspecified atom stereocenters. The zero-order valence-corrected chi connectivity index (χ0v) is 14.2. The highest BCUT2D eigenvalue weighted by Gasteiger charge is 2.29. The molecule has 1 aromatic rings. The third-order valence-corrected chi connectivity index (χ3v) is 4.15. The summed E-state index contributed by atoms with van der Waals surface area (Å²) >= 11 is 0. The molecule has 2 amide bonds. The van der Waals surface area contributed by atoms with Crippen LogP contribution in [-0.4, -0.2) is 57.3 Å². The Morgan fingerprint density at radius 1 is 1.35 bits per heavy atom. The van der Waals surface area contributed by atoms with Gasteiger partial charge in [-0.25, -0.2) is 0 Å². The van der Waals surface area contributed by atoms with Crippen molar-refractivity contribution in [2.45, 2.75) is 58.1 Å². The number of rotatable bonds is 2. The Bertz CT molecular complexity index is 576. The quantitative estimate of drug-likeness (QED) is 0.750. The summed E-state index contributed by atoms with van der Waals surface area (Å²) in [5.74, 6) is -0.316. The molecule has 7 nitrogen and oxygen atoms in total. The largest absolute Gasteiger partial charge is 0.391 e. The van der Waals surface area contributed by atoms with Crippen LogP contribution in [0.4, 0.5) is 0 Å². The van der Waals surface area contributed by atoms with Crippen LogP contribution >= 0.6 is 0 Å². The van der Waals surface area contributed by atoms with Gasteiger partial charge < -0.3 is 15.3 Å². The summed E-state index contributed by atoms with van der Waals surface area (Å²) in [5.41, 5.74) is 1.20. The van der Waals surface area contributed by atoms with E-state index in [1.54, 1.807) is 11.0 Å². The normalized spacial score (nSPS) is 22.6. The third-order valence-electron chi connectivity index (χ3n) is 4.15. The van der Waals surface area contributed by atoms with Crippen LogP contribution < -0.4 is 5.32 Å². The Morgan fingerprint density at radius 2 is 2.00 bits per heavy atom. The fourth-order valence-corrected chi connectivity index (χ4v) is 2.70. The van der Waals surface area contributed by atoms with Gasteiger partial charge in [-0.1, -0.05) is 20.8 Å². The number of nitrogens with one attached hydrogen (secondary N) is 2. The highest BCUT2D eigenvalue weighted by molar-refractivity contribution is 5.92. The molecule has 3 N–H and O–H groups in total. The Kier molecular flexibility index (Phi) is 5.09. The smallest absolute Gasteiger partial charge is 0.274 e. The number of aliphatic hydroxyl groups is 1. The lowest BCUT2D eigenvalue weighted by atomic mass is 9.92. The van der Waals surface area contributed by atoms with E-state index in [0.717, 1.165) is 5.69 Å². The van der Waals surface area contributed by atoms with Crippen LogP contribution in [0.3, 0.4) is 0 Å². The van der Waals surface area contributed by atoms with Gasteiger partial charge in [0.1, 0.15) is 5.69 Å². The minimum atomic E-state index is -0.638. The summed E-state index contributed by atoms with van der Waals surface area (Å²) in [5, 5.41) is 19.9. The zero-order valence-electron chi connectivity index (χ0n) is 14.2. The topological polar surface area (TPSA) is 98.3 Å². The number of hydrogen-bond acceptors (Lipinski definition) is 4. The maximum Gasteiger partial charge on any atom is 0.274 e. The maximum atomic E-state index is 12.6. The fraction of sp³-hybridized carbons (Fsp3) is 0.688. The van der Waals surface area contributed by atoms with E-state index in [1.807, 2.05) is 0 Å². The molecule has 0 aliphatic carbocycles. The van der Waals surface area contributed by atoms with Gasteiger partial charge in [0.25, 0.3) is 5.91 Å². The second-order valence-corrected chi connectivity index (χ2v) is 7.16. The van der Waals surface area contributed by atoms with Gasteiger partial charge in [-0.3, -0.25) is 14.7 Å². The Balaban J connectivity index is 2.06. The number of aromatic amines is 1. The highest BCUT2D eigenvalue weighted by Crippen LogP contribution is 2.21. The molecule has 1 aliphatic heterocycles. The number of H-pyrrole nitrogens is 1. The molecule has 2 atom stereocenters. The van der Waals surface area contributed by atoms with Crippen molar-refractivity contribution in [2.75, 3.05) is 13.1 Å². The summed E-state index contributed by atoms with van der Waals surface area (Å²) in [6.07, 6.45) is 0.331. The van der Waals surface area contributed by atoms with Crippen LogP contribution in [0.15, 0.2) is 6.07 Å². The molecule has 2 rings (SSSR count). The van der Waals surface area contributed by atoms with E-state index in [0.29, 0.717) is 31.6 Å². The van der Waals surface area contributed by atoms with E-state index in [9.17, 15) is 14.7 Å². The van der Waals surface area contributed by atoms with E-state index >= 15 is 0 Å². The van der Waals surface area contributed by atoms with E-state index < -0.39 is 6.10 Å². The van der Waals surface area contributed by atoms with Crippen molar-refractivity contribution in [3.05, 3.63) is 17.5 Å². The monoisotopic (exact) mass is 322 g/mol. The number of likely N-dealkylation sites (tertiary alicyclic amines) is 1. The molecular formula is C16H26N4O3. The van der Waals surface area contributed by atoms with Gasteiger partial charge in [-0.15, -0.1) is 0 Å². The first-order chi connectivity index (χ1) is 10.7. The molecule has 1 aliphatic rings. The van der Waals surface area contributed by atoms with E-state index in [4.69, 9.17) is 0 Å². The van der Waals surface area contributed by atoms with Crippen molar-refractivity contribution in [3.8, 4) is 0 Å². The first kappa shape index (κ1) is 17.5. The minimum absolute atomic E-state index is 0.100. The molecule has 0 saturated carbocycles. The van der Waals surface area contributed by atoms with E-state index in [1.165, 1.54) is 6.92 Å². The van der Waals surface area contributed by atoms with Crippen LogP contribution in [0.5, 0.6) is 0 Å². The fourth-order valence-electron chi connectivity index (χ4n) is 2.70. The predicted octanol–water partition coefficient (Wildman–Crippen LogP) is 0.809. The summed E-state index contributed by atoms with van der Waals surface area (Å²) in [7, 11) is 0.